The Labute approximate surface area is 167 Å². The molecule has 3 aromatic rings. The van der Waals surface area contributed by atoms with E-state index in [2.05, 4.69) is 10.2 Å². The molecule has 0 spiro atoms. The minimum absolute atomic E-state index is 0.269. The molecule has 1 heterocycles. The van der Waals surface area contributed by atoms with Gasteiger partial charge >= 0.3 is 11.9 Å². The van der Waals surface area contributed by atoms with E-state index in [1.165, 1.54) is 34.9 Å². The minimum atomic E-state index is -0.941. The topological polar surface area (TPSA) is 100 Å². The van der Waals surface area contributed by atoms with Crippen molar-refractivity contribution in [3.8, 4) is 0 Å². The van der Waals surface area contributed by atoms with E-state index in [1.54, 1.807) is 36.4 Å². The van der Waals surface area contributed by atoms with Gasteiger partial charge in [-0.25, -0.2) is 9.59 Å². The molecule has 0 aliphatic carbocycles. The molecule has 2 N–H and O–H groups in total. The van der Waals surface area contributed by atoms with E-state index in [-0.39, 0.29) is 11.1 Å². The van der Waals surface area contributed by atoms with Crippen LogP contribution in [-0.2, 0) is 11.5 Å². The lowest BCUT2D eigenvalue weighted by Crippen LogP contribution is -1.96. The summed E-state index contributed by atoms with van der Waals surface area (Å²) in [6.45, 7) is 0. The number of carbonyl (C=O) groups is 2. The van der Waals surface area contributed by atoms with Crippen molar-refractivity contribution < 1.29 is 19.8 Å². The van der Waals surface area contributed by atoms with Gasteiger partial charge in [0.2, 0.25) is 0 Å². The van der Waals surface area contributed by atoms with Crippen LogP contribution in [0.25, 0.3) is 0 Å². The third-order valence-corrected chi connectivity index (χ3v) is 6.79. The zero-order valence-corrected chi connectivity index (χ0v) is 16.3. The van der Waals surface area contributed by atoms with Crippen molar-refractivity contribution in [2.45, 2.75) is 20.2 Å². The molecular formula is C18H14N2O4S3. The van der Waals surface area contributed by atoms with Crippen molar-refractivity contribution in [2.24, 2.45) is 0 Å². The van der Waals surface area contributed by atoms with Gasteiger partial charge in [0.1, 0.15) is 0 Å². The lowest BCUT2D eigenvalue weighted by atomic mass is 10.1. The predicted octanol–water partition coefficient (Wildman–Crippen LogP) is 4.52. The van der Waals surface area contributed by atoms with Crippen molar-refractivity contribution in [1.82, 2.24) is 10.2 Å². The first-order valence-corrected chi connectivity index (χ1v) is 10.5. The molecule has 27 heavy (non-hydrogen) atoms. The first-order chi connectivity index (χ1) is 13.0. The van der Waals surface area contributed by atoms with Crippen LogP contribution in [0.2, 0.25) is 0 Å². The van der Waals surface area contributed by atoms with Crippen LogP contribution in [-0.4, -0.2) is 32.3 Å². The summed E-state index contributed by atoms with van der Waals surface area (Å²) in [6.07, 6.45) is 0. The number of nitrogens with zero attached hydrogens (tertiary/aromatic N) is 2. The zero-order valence-electron chi connectivity index (χ0n) is 13.9. The fourth-order valence-corrected chi connectivity index (χ4v) is 5.10. The van der Waals surface area contributed by atoms with Crippen LogP contribution in [0.15, 0.2) is 57.2 Å². The Morgan fingerprint density at radius 3 is 1.67 bits per heavy atom. The standard InChI is InChI=1S/C18H14N2O4S3/c21-15(22)13-5-1-3-11(7-13)9-25-17-19-20-18(27-17)26-10-12-4-2-6-14(8-12)16(23)24/h1-8H,9-10H2,(H,21,22)(H,23,24). The Bertz CT molecular complexity index is 899. The van der Waals surface area contributed by atoms with Crippen molar-refractivity contribution >= 4 is 46.8 Å². The molecule has 138 valence electrons. The SMILES string of the molecule is O=C(O)c1cccc(CSc2nnc(SCc3cccc(C(=O)O)c3)s2)c1. The summed E-state index contributed by atoms with van der Waals surface area (Å²) in [5, 5.41) is 26.4. The molecule has 0 aliphatic heterocycles. The maximum absolute atomic E-state index is 11.0. The predicted molar refractivity (Wildman–Crippen MR) is 106 cm³/mol. The highest BCUT2D eigenvalue weighted by Crippen LogP contribution is 2.32. The average molecular weight is 419 g/mol. The number of rotatable bonds is 8. The normalized spacial score (nSPS) is 10.7. The van der Waals surface area contributed by atoms with Crippen LogP contribution in [0.5, 0.6) is 0 Å². The van der Waals surface area contributed by atoms with Crippen LogP contribution in [0.3, 0.4) is 0 Å². The van der Waals surface area contributed by atoms with Gasteiger partial charge in [0.15, 0.2) is 8.68 Å². The summed E-state index contributed by atoms with van der Waals surface area (Å²) < 4.78 is 1.61. The van der Waals surface area contributed by atoms with E-state index in [0.29, 0.717) is 11.5 Å². The molecule has 1 aromatic heterocycles. The highest BCUT2D eigenvalue weighted by Gasteiger charge is 2.09. The summed E-state index contributed by atoms with van der Waals surface area (Å²) in [6, 6.07) is 13.7. The van der Waals surface area contributed by atoms with Gasteiger partial charge < -0.3 is 10.2 Å². The number of hydrogen-bond acceptors (Lipinski definition) is 7. The van der Waals surface area contributed by atoms with Gasteiger partial charge in [-0.15, -0.1) is 10.2 Å². The number of aromatic carboxylic acids is 2. The lowest BCUT2D eigenvalue weighted by molar-refractivity contribution is 0.0686. The summed E-state index contributed by atoms with van der Waals surface area (Å²) in [5.74, 6) is -0.658. The van der Waals surface area contributed by atoms with E-state index in [0.717, 1.165) is 19.8 Å². The number of aromatic nitrogens is 2. The van der Waals surface area contributed by atoms with Crippen molar-refractivity contribution in [3.05, 3.63) is 70.8 Å². The molecule has 0 bridgehead atoms. The van der Waals surface area contributed by atoms with Gasteiger partial charge in [-0.3, -0.25) is 0 Å². The van der Waals surface area contributed by atoms with Crippen LogP contribution < -0.4 is 0 Å². The Kier molecular flexibility index (Phi) is 6.49. The maximum atomic E-state index is 11.0. The van der Waals surface area contributed by atoms with E-state index in [1.807, 2.05) is 12.1 Å². The molecule has 0 saturated carbocycles. The Hall–Kier alpha value is -2.36. The summed E-state index contributed by atoms with van der Waals surface area (Å²) >= 11 is 4.47. The second-order valence-electron chi connectivity index (χ2n) is 5.42. The second kappa shape index (κ2) is 9.03. The van der Waals surface area contributed by atoms with Gasteiger partial charge in [-0.05, 0) is 35.4 Å². The molecule has 0 atom stereocenters. The third-order valence-electron chi connectivity index (χ3n) is 3.46. The first-order valence-electron chi connectivity index (χ1n) is 7.75. The van der Waals surface area contributed by atoms with E-state index in [4.69, 9.17) is 10.2 Å². The lowest BCUT2D eigenvalue weighted by Gasteiger charge is -2.01. The zero-order chi connectivity index (χ0) is 19.2. The van der Waals surface area contributed by atoms with Gasteiger partial charge in [-0.1, -0.05) is 59.1 Å². The quantitative estimate of drug-likeness (QED) is 0.515. The highest BCUT2D eigenvalue weighted by molar-refractivity contribution is 8.02. The molecule has 0 saturated heterocycles. The molecule has 0 aliphatic rings. The second-order valence-corrected chi connectivity index (χ2v) is 8.84. The third kappa shape index (κ3) is 5.56. The fraction of sp³-hybridized carbons (Fsp3) is 0.111. The van der Waals surface area contributed by atoms with E-state index < -0.39 is 11.9 Å². The van der Waals surface area contributed by atoms with Crippen LogP contribution >= 0.6 is 34.9 Å². The molecule has 0 unspecified atom stereocenters. The average Bonchev–Trinajstić information content (AvgIpc) is 3.13. The van der Waals surface area contributed by atoms with Crippen LogP contribution in [0, 0.1) is 0 Å². The number of carboxylic acids is 2. The monoisotopic (exact) mass is 418 g/mol. The van der Waals surface area contributed by atoms with Crippen molar-refractivity contribution in [1.29, 1.82) is 0 Å². The largest absolute Gasteiger partial charge is 0.478 e. The molecule has 0 radical (unpaired) electrons. The van der Waals surface area contributed by atoms with Crippen molar-refractivity contribution in [3.63, 3.8) is 0 Å². The molecule has 0 amide bonds. The van der Waals surface area contributed by atoms with E-state index in [9.17, 15) is 9.59 Å². The molecule has 3 rings (SSSR count). The molecule has 0 fully saturated rings. The molecular weight excluding hydrogens is 404 g/mol. The summed E-state index contributed by atoms with van der Waals surface area (Å²) in [7, 11) is 0. The van der Waals surface area contributed by atoms with Gasteiger partial charge in [0, 0.05) is 11.5 Å². The highest BCUT2D eigenvalue weighted by atomic mass is 32.2. The van der Waals surface area contributed by atoms with E-state index >= 15 is 0 Å². The smallest absolute Gasteiger partial charge is 0.335 e. The van der Waals surface area contributed by atoms with Crippen LogP contribution in [0.4, 0.5) is 0 Å². The Morgan fingerprint density at radius 2 is 1.26 bits per heavy atom. The number of thioether (sulfide) groups is 2. The molecule has 6 nitrogen and oxygen atoms in total. The molecule has 2 aromatic carbocycles. The van der Waals surface area contributed by atoms with Crippen molar-refractivity contribution in [2.75, 3.05) is 0 Å². The van der Waals surface area contributed by atoms with Gasteiger partial charge in [-0.2, -0.15) is 0 Å². The Balaban J connectivity index is 1.56. The fourth-order valence-electron chi connectivity index (χ4n) is 2.19. The van der Waals surface area contributed by atoms with Gasteiger partial charge in [0.25, 0.3) is 0 Å². The number of hydrogen-bond donors (Lipinski definition) is 2. The first kappa shape index (κ1) is 19.4. The maximum Gasteiger partial charge on any atom is 0.335 e. The van der Waals surface area contributed by atoms with Gasteiger partial charge in [0.05, 0.1) is 11.1 Å². The summed E-state index contributed by atoms with van der Waals surface area (Å²) in [5.41, 5.74) is 2.36. The Morgan fingerprint density at radius 1 is 0.815 bits per heavy atom. The molecule has 9 heteroatoms. The number of carboxylic acid groups (broad SMARTS) is 2. The van der Waals surface area contributed by atoms with Crippen LogP contribution in [0.1, 0.15) is 31.8 Å². The number of benzene rings is 2. The minimum Gasteiger partial charge on any atom is -0.478 e. The summed E-state index contributed by atoms with van der Waals surface area (Å²) in [4.78, 5) is 22.0.